The van der Waals surface area contributed by atoms with E-state index in [1.165, 1.54) is 0 Å². The number of hydrogen-bond donors (Lipinski definition) is 0. The van der Waals surface area contributed by atoms with Crippen LogP contribution in [-0.4, -0.2) is 4.98 Å². The Balaban J connectivity index is 1.12. The number of anilines is 3. The molecule has 0 N–H and O–H groups in total. The molecule has 4 nitrogen and oxygen atoms in total. The number of furan rings is 1. The van der Waals surface area contributed by atoms with Crippen molar-refractivity contribution in [1.29, 1.82) is 0 Å². The maximum atomic E-state index is 6.51. The molecule has 0 spiro atoms. The number of oxazole rings is 1. The van der Waals surface area contributed by atoms with Crippen LogP contribution in [-0.2, 0) is 0 Å². The van der Waals surface area contributed by atoms with Crippen molar-refractivity contribution in [3.8, 4) is 22.6 Å². The van der Waals surface area contributed by atoms with Crippen molar-refractivity contribution in [3.63, 3.8) is 0 Å². The van der Waals surface area contributed by atoms with Gasteiger partial charge in [0, 0.05) is 38.5 Å². The van der Waals surface area contributed by atoms with Crippen LogP contribution < -0.4 is 4.90 Å². The molecule has 0 unspecified atom stereocenters. The Bertz CT molecular complexity index is 2820. The van der Waals surface area contributed by atoms with E-state index in [1.54, 1.807) is 0 Å². The first-order chi connectivity index (χ1) is 24.3. The second-order valence-corrected chi connectivity index (χ2v) is 12.4. The Labute approximate surface area is 282 Å². The van der Waals surface area contributed by atoms with E-state index < -0.39 is 0 Å². The second-order valence-electron chi connectivity index (χ2n) is 12.4. The van der Waals surface area contributed by atoms with Crippen LogP contribution in [0.15, 0.2) is 179 Å². The van der Waals surface area contributed by atoms with Crippen molar-refractivity contribution < 1.29 is 8.83 Å². The molecular formula is C45H28N2O2. The molecule has 10 aromatic rings. The van der Waals surface area contributed by atoms with Crippen molar-refractivity contribution in [2.45, 2.75) is 0 Å². The molecule has 4 heteroatoms. The minimum atomic E-state index is 0.627. The van der Waals surface area contributed by atoms with Gasteiger partial charge in [0.1, 0.15) is 16.7 Å². The third-order valence-electron chi connectivity index (χ3n) is 9.48. The van der Waals surface area contributed by atoms with E-state index in [2.05, 4.69) is 126 Å². The fourth-order valence-electron chi connectivity index (χ4n) is 7.16. The molecule has 0 amide bonds. The van der Waals surface area contributed by atoms with Crippen molar-refractivity contribution in [2.75, 3.05) is 4.90 Å². The third kappa shape index (κ3) is 4.49. The van der Waals surface area contributed by atoms with E-state index >= 15 is 0 Å². The smallest absolute Gasteiger partial charge is 0.227 e. The first-order valence-electron chi connectivity index (χ1n) is 16.5. The summed E-state index contributed by atoms with van der Waals surface area (Å²) in [6, 6.07) is 59.2. The molecule has 0 fully saturated rings. The molecule has 10 rings (SSSR count). The zero-order chi connectivity index (χ0) is 32.3. The highest BCUT2D eigenvalue weighted by molar-refractivity contribution is 6.20. The zero-order valence-electron chi connectivity index (χ0n) is 26.4. The van der Waals surface area contributed by atoms with Crippen LogP contribution in [0.5, 0.6) is 0 Å². The van der Waals surface area contributed by atoms with Gasteiger partial charge >= 0.3 is 0 Å². The molecule has 0 radical (unpaired) electrons. The Hall–Kier alpha value is -6.65. The molecule has 0 aliphatic carbocycles. The van der Waals surface area contributed by atoms with E-state index in [9.17, 15) is 0 Å². The standard InChI is InChI=1S/C45H28N2O2/c1-3-10-31(11-4-1)45-46-39-26-21-30-20-25-35-37(43(30)44(39)49-45)15-9-16-40(35)47(33-12-5-2-6-13-33)34-23-18-29(19-24-34)32-22-27-42-38(28-32)36-14-7-8-17-41(36)48-42/h1-28H. The molecule has 0 saturated heterocycles. The largest absolute Gasteiger partial charge is 0.456 e. The van der Waals surface area contributed by atoms with Gasteiger partial charge in [0.2, 0.25) is 5.89 Å². The quantitative estimate of drug-likeness (QED) is 0.178. The van der Waals surface area contributed by atoms with Gasteiger partial charge in [-0.25, -0.2) is 4.98 Å². The van der Waals surface area contributed by atoms with E-state index in [1.807, 2.05) is 48.5 Å². The lowest BCUT2D eigenvalue weighted by molar-refractivity contribution is 0.623. The van der Waals surface area contributed by atoms with Crippen LogP contribution in [0.3, 0.4) is 0 Å². The third-order valence-corrected chi connectivity index (χ3v) is 9.48. The fraction of sp³-hybridized carbons (Fsp3) is 0. The monoisotopic (exact) mass is 628 g/mol. The molecular weight excluding hydrogens is 601 g/mol. The lowest BCUT2D eigenvalue weighted by Crippen LogP contribution is -2.10. The topological polar surface area (TPSA) is 42.4 Å². The number of rotatable bonds is 5. The van der Waals surface area contributed by atoms with Crippen LogP contribution >= 0.6 is 0 Å². The van der Waals surface area contributed by atoms with E-state index in [0.29, 0.717) is 5.89 Å². The van der Waals surface area contributed by atoms with Crippen LogP contribution in [0, 0.1) is 0 Å². The number of para-hydroxylation sites is 2. The van der Waals surface area contributed by atoms with Crippen molar-refractivity contribution in [2.24, 2.45) is 0 Å². The summed E-state index contributed by atoms with van der Waals surface area (Å²) in [4.78, 5) is 7.21. The molecule has 0 atom stereocenters. The Morgan fingerprint density at radius 2 is 1.12 bits per heavy atom. The summed E-state index contributed by atoms with van der Waals surface area (Å²) in [5.74, 6) is 0.627. The summed E-state index contributed by atoms with van der Waals surface area (Å²) in [7, 11) is 0. The van der Waals surface area contributed by atoms with Gasteiger partial charge in [-0.05, 0) is 88.6 Å². The van der Waals surface area contributed by atoms with E-state index in [4.69, 9.17) is 13.8 Å². The van der Waals surface area contributed by atoms with Crippen molar-refractivity contribution in [1.82, 2.24) is 4.98 Å². The number of nitrogens with zero attached hydrogens (tertiary/aromatic N) is 2. The molecule has 2 heterocycles. The predicted octanol–water partition coefficient (Wildman–Crippen LogP) is 12.8. The fourth-order valence-corrected chi connectivity index (χ4v) is 7.16. The molecule has 2 aromatic heterocycles. The molecule has 49 heavy (non-hydrogen) atoms. The van der Waals surface area contributed by atoms with Crippen LogP contribution in [0.1, 0.15) is 0 Å². The van der Waals surface area contributed by atoms with Gasteiger partial charge in [-0.2, -0.15) is 0 Å². The van der Waals surface area contributed by atoms with Gasteiger partial charge < -0.3 is 13.7 Å². The Morgan fingerprint density at radius 3 is 1.98 bits per heavy atom. The second kappa shape index (κ2) is 11.0. The van der Waals surface area contributed by atoms with Crippen LogP contribution in [0.25, 0.3) is 77.2 Å². The van der Waals surface area contributed by atoms with Gasteiger partial charge in [-0.3, -0.25) is 0 Å². The van der Waals surface area contributed by atoms with E-state index in [0.717, 1.165) is 88.3 Å². The highest BCUT2D eigenvalue weighted by Gasteiger charge is 2.19. The highest BCUT2D eigenvalue weighted by atomic mass is 16.3. The molecule has 0 bridgehead atoms. The Kier molecular flexibility index (Phi) is 6.15. The maximum absolute atomic E-state index is 6.51. The van der Waals surface area contributed by atoms with Crippen LogP contribution in [0.4, 0.5) is 17.1 Å². The SMILES string of the molecule is c1ccc(-c2nc3ccc4ccc5c(N(c6ccccc6)c6ccc(-c7ccc8oc9ccccc9c8c7)cc6)cccc5c4c3o2)cc1. The summed E-state index contributed by atoms with van der Waals surface area (Å²) in [5.41, 5.74) is 9.97. The lowest BCUT2D eigenvalue weighted by atomic mass is 9.98. The first kappa shape index (κ1) is 27.5. The predicted molar refractivity (Wildman–Crippen MR) is 202 cm³/mol. The van der Waals surface area contributed by atoms with E-state index in [-0.39, 0.29) is 0 Å². The average Bonchev–Trinajstić information content (AvgIpc) is 3.78. The minimum Gasteiger partial charge on any atom is -0.456 e. The summed E-state index contributed by atoms with van der Waals surface area (Å²) in [6.45, 7) is 0. The number of fused-ring (bicyclic) bond motifs is 8. The van der Waals surface area contributed by atoms with Crippen molar-refractivity contribution in [3.05, 3.63) is 170 Å². The van der Waals surface area contributed by atoms with Crippen LogP contribution in [0.2, 0.25) is 0 Å². The summed E-state index contributed by atoms with van der Waals surface area (Å²) in [5, 5.41) is 6.69. The normalized spacial score (nSPS) is 11.7. The first-order valence-corrected chi connectivity index (χ1v) is 16.5. The molecule has 0 aliphatic rings. The van der Waals surface area contributed by atoms with Gasteiger partial charge in [0.25, 0.3) is 0 Å². The molecule has 8 aromatic carbocycles. The summed E-state index contributed by atoms with van der Waals surface area (Å²) in [6.07, 6.45) is 0. The van der Waals surface area contributed by atoms with Gasteiger partial charge in [0.05, 0.1) is 5.69 Å². The van der Waals surface area contributed by atoms with Gasteiger partial charge in [0.15, 0.2) is 5.58 Å². The maximum Gasteiger partial charge on any atom is 0.227 e. The molecule has 0 aliphatic heterocycles. The number of hydrogen-bond acceptors (Lipinski definition) is 4. The highest BCUT2D eigenvalue weighted by Crippen LogP contribution is 2.43. The van der Waals surface area contributed by atoms with Gasteiger partial charge in [-0.1, -0.05) is 103 Å². The summed E-state index contributed by atoms with van der Waals surface area (Å²) >= 11 is 0. The lowest BCUT2D eigenvalue weighted by Gasteiger charge is -2.27. The molecule has 0 saturated carbocycles. The zero-order valence-corrected chi connectivity index (χ0v) is 26.4. The Morgan fingerprint density at radius 1 is 0.429 bits per heavy atom. The average molecular weight is 629 g/mol. The molecule has 230 valence electrons. The number of benzene rings is 8. The summed E-state index contributed by atoms with van der Waals surface area (Å²) < 4.78 is 12.6. The van der Waals surface area contributed by atoms with Crippen molar-refractivity contribution >= 4 is 71.6 Å². The van der Waals surface area contributed by atoms with Gasteiger partial charge in [-0.15, -0.1) is 0 Å². The number of aromatic nitrogens is 1. The minimum absolute atomic E-state index is 0.627.